The predicted molar refractivity (Wildman–Crippen MR) is 77.2 cm³/mol. The second-order valence-electron chi connectivity index (χ2n) is 5.38. The van der Waals surface area contributed by atoms with Crippen molar-refractivity contribution in [3.05, 3.63) is 28.3 Å². The Morgan fingerprint density at radius 1 is 1.35 bits per heavy atom. The molecule has 0 aliphatic heterocycles. The fourth-order valence-electron chi connectivity index (χ4n) is 1.44. The van der Waals surface area contributed by atoms with Gasteiger partial charge in [-0.15, -0.1) is 0 Å². The molecule has 0 aromatic heterocycles. The van der Waals surface area contributed by atoms with Gasteiger partial charge in [0.2, 0.25) is 0 Å². The molecular weight excluding hydrogens is 260 g/mol. The number of nitro benzene ring substituents is 1. The molecule has 1 atom stereocenters. The van der Waals surface area contributed by atoms with Crippen molar-refractivity contribution in [2.45, 2.75) is 45.8 Å². The van der Waals surface area contributed by atoms with Gasteiger partial charge in [0.1, 0.15) is 18.1 Å². The van der Waals surface area contributed by atoms with Gasteiger partial charge >= 0.3 is 0 Å². The van der Waals surface area contributed by atoms with Crippen LogP contribution in [0, 0.1) is 10.1 Å². The topological polar surface area (TPSA) is 87.6 Å². The van der Waals surface area contributed by atoms with E-state index in [0.717, 1.165) is 6.42 Å². The lowest BCUT2D eigenvalue weighted by molar-refractivity contribution is -0.385. The minimum Gasteiger partial charge on any atom is -0.491 e. The zero-order valence-electron chi connectivity index (χ0n) is 12.4. The number of rotatable bonds is 7. The van der Waals surface area contributed by atoms with Gasteiger partial charge < -0.3 is 15.2 Å². The van der Waals surface area contributed by atoms with Crippen LogP contribution in [0.5, 0.6) is 11.5 Å². The molecule has 0 amide bonds. The Kier molecular flexibility index (Phi) is 5.33. The minimum absolute atomic E-state index is 0.0617. The van der Waals surface area contributed by atoms with Gasteiger partial charge in [-0.1, -0.05) is 6.92 Å². The Morgan fingerprint density at radius 3 is 2.45 bits per heavy atom. The van der Waals surface area contributed by atoms with Crippen LogP contribution in [0.2, 0.25) is 0 Å². The fourth-order valence-corrected chi connectivity index (χ4v) is 1.44. The van der Waals surface area contributed by atoms with Crippen LogP contribution in [-0.4, -0.2) is 23.2 Å². The number of nitrogens with two attached hydrogens (primary N) is 1. The van der Waals surface area contributed by atoms with Gasteiger partial charge in [-0.05, 0) is 27.2 Å². The molecule has 1 unspecified atom stereocenters. The summed E-state index contributed by atoms with van der Waals surface area (Å²) in [5.74, 6) is 0.805. The van der Waals surface area contributed by atoms with Crippen LogP contribution in [0.15, 0.2) is 18.2 Å². The molecule has 0 saturated carbocycles. The molecule has 0 radical (unpaired) electrons. The van der Waals surface area contributed by atoms with E-state index < -0.39 is 10.5 Å². The highest BCUT2D eigenvalue weighted by atomic mass is 16.6. The van der Waals surface area contributed by atoms with E-state index in [1.807, 2.05) is 27.7 Å². The van der Waals surface area contributed by atoms with Crippen molar-refractivity contribution >= 4 is 5.69 Å². The van der Waals surface area contributed by atoms with E-state index in [0.29, 0.717) is 11.5 Å². The molecule has 112 valence electrons. The molecule has 0 saturated heterocycles. The summed E-state index contributed by atoms with van der Waals surface area (Å²) < 4.78 is 11.1. The monoisotopic (exact) mass is 282 g/mol. The number of nitrogens with zero attached hydrogens (tertiary/aromatic N) is 1. The number of benzene rings is 1. The lowest BCUT2D eigenvalue weighted by Crippen LogP contribution is -2.41. The zero-order chi connectivity index (χ0) is 15.3. The van der Waals surface area contributed by atoms with Crippen molar-refractivity contribution in [1.29, 1.82) is 0 Å². The van der Waals surface area contributed by atoms with Gasteiger partial charge in [0.05, 0.1) is 23.2 Å². The second kappa shape index (κ2) is 6.56. The third kappa shape index (κ3) is 5.05. The molecular formula is C14H22N2O4. The molecule has 0 aliphatic rings. The van der Waals surface area contributed by atoms with Gasteiger partial charge in [-0.3, -0.25) is 10.1 Å². The number of ether oxygens (including phenoxy) is 2. The van der Waals surface area contributed by atoms with E-state index in [1.54, 1.807) is 6.07 Å². The van der Waals surface area contributed by atoms with E-state index >= 15 is 0 Å². The van der Waals surface area contributed by atoms with Gasteiger partial charge in [0.25, 0.3) is 5.69 Å². The second-order valence-corrected chi connectivity index (χ2v) is 5.38. The third-order valence-corrected chi connectivity index (χ3v) is 2.82. The van der Waals surface area contributed by atoms with E-state index in [-0.39, 0.29) is 18.4 Å². The summed E-state index contributed by atoms with van der Waals surface area (Å²) in [4.78, 5) is 10.4. The molecule has 0 aliphatic carbocycles. The molecule has 1 aromatic rings. The SMILES string of the molecule is CCC(C)(N)COc1cc(OC(C)C)cc([N+](=O)[O-])c1. The number of hydrogen-bond donors (Lipinski definition) is 1. The highest BCUT2D eigenvalue weighted by Crippen LogP contribution is 2.28. The van der Waals surface area contributed by atoms with Crippen molar-refractivity contribution in [3.8, 4) is 11.5 Å². The normalized spacial score (nSPS) is 13.9. The maximum absolute atomic E-state index is 10.9. The highest BCUT2D eigenvalue weighted by molar-refractivity contribution is 5.46. The standard InChI is InChI=1S/C14H22N2O4/c1-5-14(4,15)9-19-12-6-11(16(17)18)7-13(8-12)20-10(2)3/h6-8,10H,5,9,15H2,1-4H3. The van der Waals surface area contributed by atoms with Crippen molar-refractivity contribution in [1.82, 2.24) is 0 Å². The molecule has 20 heavy (non-hydrogen) atoms. The third-order valence-electron chi connectivity index (χ3n) is 2.82. The predicted octanol–water partition coefficient (Wildman–Crippen LogP) is 2.89. The smallest absolute Gasteiger partial charge is 0.276 e. The molecule has 0 heterocycles. The maximum Gasteiger partial charge on any atom is 0.276 e. The fraction of sp³-hybridized carbons (Fsp3) is 0.571. The first kappa shape index (κ1) is 16.2. The first-order valence-electron chi connectivity index (χ1n) is 6.61. The summed E-state index contributed by atoms with van der Waals surface area (Å²) in [5, 5.41) is 10.9. The van der Waals surface area contributed by atoms with Gasteiger partial charge in [-0.25, -0.2) is 0 Å². The number of nitro groups is 1. The van der Waals surface area contributed by atoms with Crippen molar-refractivity contribution < 1.29 is 14.4 Å². The number of non-ortho nitro benzene ring substituents is 1. The van der Waals surface area contributed by atoms with Crippen molar-refractivity contribution in [2.75, 3.05) is 6.61 Å². The molecule has 0 bridgehead atoms. The summed E-state index contributed by atoms with van der Waals surface area (Å²) in [5.41, 5.74) is 5.46. The van der Waals surface area contributed by atoms with Gasteiger partial charge in [-0.2, -0.15) is 0 Å². The van der Waals surface area contributed by atoms with Crippen LogP contribution >= 0.6 is 0 Å². The van der Waals surface area contributed by atoms with E-state index in [4.69, 9.17) is 15.2 Å². The Labute approximate surface area is 119 Å². The molecule has 6 heteroatoms. The van der Waals surface area contributed by atoms with E-state index in [1.165, 1.54) is 12.1 Å². The lowest BCUT2D eigenvalue weighted by Gasteiger charge is -2.23. The summed E-state index contributed by atoms with van der Waals surface area (Å²) in [6.07, 6.45) is 0.678. The maximum atomic E-state index is 10.9. The zero-order valence-corrected chi connectivity index (χ0v) is 12.4. The number of hydrogen-bond acceptors (Lipinski definition) is 5. The van der Waals surface area contributed by atoms with Crippen molar-refractivity contribution in [2.24, 2.45) is 5.73 Å². The van der Waals surface area contributed by atoms with Crippen molar-refractivity contribution in [3.63, 3.8) is 0 Å². The van der Waals surface area contributed by atoms with Crippen LogP contribution in [0.25, 0.3) is 0 Å². The summed E-state index contributed by atoms with van der Waals surface area (Å²) in [6.45, 7) is 7.83. The Bertz CT molecular complexity index is 472. The summed E-state index contributed by atoms with van der Waals surface area (Å²) in [7, 11) is 0. The average Bonchev–Trinajstić information content (AvgIpc) is 2.35. The molecule has 0 spiro atoms. The lowest BCUT2D eigenvalue weighted by atomic mass is 10.0. The Hall–Kier alpha value is -1.82. The molecule has 2 N–H and O–H groups in total. The molecule has 0 fully saturated rings. The highest BCUT2D eigenvalue weighted by Gasteiger charge is 2.18. The summed E-state index contributed by atoms with van der Waals surface area (Å²) in [6, 6.07) is 4.39. The Balaban J connectivity index is 2.94. The van der Waals surface area contributed by atoms with E-state index in [9.17, 15) is 10.1 Å². The summed E-state index contributed by atoms with van der Waals surface area (Å²) >= 11 is 0. The average molecular weight is 282 g/mol. The molecule has 1 rings (SSSR count). The van der Waals surface area contributed by atoms with Crippen LogP contribution < -0.4 is 15.2 Å². The van der Waals surface area contributed by atoms with Gasteiger partial charge in [0.15, 0.2) is 0 Å². The molecule has 6 nitrogen and oxygen atoms in total. The Morgan fingerprint density at radius 2 is 1.95 bits per heavy atom. The van der Waals surface area contributed by atoms with Gasteiger partial charge in [0, 0.05) is 11.6 Å². The first-order chi connectivity index (χ1) is 9.23. The molecule has 1 aromatic carbocycles. The first-order valence-corrected chi connectivity index (χ1v) is 6.61. The van der Waals surface area contributed by atoms with Crippen LogP contribution in [-0.2, 0) is 0 Å². The van der Waals surface area contributed by atoms with Crippen LogP contribution in [0.1, 0.15) is 34.1 Å². The van der Waals surface area contributed by atoms with Crippen LogP contribution in [0.4, 0.5) is 5.69 Å². The van der Waals surface area contributed by atoms with E-state index in [2.05, 4.69) is 0 Å². The van der Waals surface area contributed by atoms with Crippen LogP contribution in [0.3, 0.4) is 0 Å². The quantitative estimate of drug-likeness (QED) is 0.613. The largest absolute Gasteiger partial charge is 0.491 e. The minimum atomic E-state index is -0.471.